The number of fused-ring (bicyclic) bond motifs is 1. The van der Waals surface area contributed by atoms with Crippen molar-refractivity contribution in [1.82, 2.24) is 9.97 Å². The first-order valence-corrected chi connectivity index (χ1v) is 10.3. The minimum atomic E-state index is 0.725. The van der Waals surface area contributed by atoms with E-state index in [2.05, 4.69) is 55.5 Å². The van der Waals surface area contributed by atoms with Crippen LogP contribution in [-0.2, 0) is 0 Å². The van der Waals surface area contributed by atoms with Gasteiger partial charge in [-0.2, -0.15) is 0 Å². The standard InChI is InChI=1S/C28H22N2O/c1-19-12-17-23(25(18-19)20-13-15-22(31-2)16-14-20)28-29-26-11-7-6-10-24(26)27(30-28)21-8-4-3-5-9-21/h3-18H,1-2H3. The lowest BCUT2D eigenvalue weighted by Crippen LogP contribution is -1.97. The molecule has 0 N–H and O–H groups in total. The molecule has 1 aromatic heterocycles. The number of hydrogen-bond donors (Lipinski definition) is 0. The number of aromatic nitrogens is 2. The summed E-state index contributed by atoms with van der Waals surface area (Å²) in [6, 6.07) is 33.0. The molecule has 0 unspecified atom stereocenters. The van der Waals surface area contributed by atoms with Crippen molar-refractivity contribution in [1.29, 1.82) is 0 Å². The number of hydrogen-bond acceptors (Lipinski definition) is 3. The second-order valence-corrected chi connectivity index (χ2v) is 7.56. The maximum absolute atomic E-state index is 5.33. The van der Waals surface area contributed by atoms with Gasteiger partial charge in [0.05, 0.1) is 18.3 Å². The van der Waals surface area contributed by atoms with Crippen LogP contribution >= 0.6 is 0 Å². The van der Waals surface area contributed by atoms with Gasteiger partial charge in [-0.3, -0.25) is 0 Å². The average Bonchev–Trinajstić information content (AvgIpc) is 2.84. The first-order valence-electron chi connectivity index (χ1n) is 10.3. The Morgan fingerprint density at radius 1 is 0.645 bits per heavy atom. The van der Waals surface area contributed by atoms with Gasteiger partial charge in [0.1, 0.15) is 5.75 Å². The topological polar surface area (TPSA) is 35.0 Å². The first kappa shape index (κ1) is 19.0. The van der Waals surface area contributed by atoms with E-state index in [1.807, 2.05) is 48.5 Å². The summed E-state index contributed by atoms with van der Waals surface area (Å²) in [6.07, 6.45) is 0. The molecule has 0 saturated carbocycles. The van der Waals surface area contributed by atoms with Crippen molar-refractivity contribution < 1.29 is 4.74 Å². The predicted molar refractivity (Wildman–Crippen MR) is 127 cm³/mol. The van der Waals surface area contributed by atoms with Crippen molar-refractivity contribution in [2.75, 3.05) is 7.11 Å². The van der Waals surface area contributed by atoms with E-state index in [0.717, 1.165) is 50.4 Å². The average molecular weight is 402 g/mol. The van der Waals surface area contributed by atoms with Crippen molar-refractivity contribution in [3.05, 3.63) is 103 Å². The molecule has 0 aliphatic heterocycles. The van der Waals surface area contributed by atoms with Crippen LogP contribution in [0.5, 0.6) is 5.75 Å². The maximum atomic E-state index is 5.33. The van der Waals surface area contributed by atoms with Gasteiger partial charge in [0.25, 0.3) is 0 Å². The highest BCUT2D eigenvalue weighted by Gasteiger charge is 2.15. The van der Waals surface area contributed by atoms with Crippen LogP contribution in [0.2, 0.25) is 0 Å². The fourth-order valence-electron chi connectivity index (χ4n) is 3.88. The van der Waals surface area contributed by atoms with Gasteiger partial charge in [-0.05, 0) is 36.2 Å². The molecule has 5 aromatic rings. The fourth-order valence-corrected chi connectivity index (χ4v) is 3.88. The van der Waals surface area contributed by atoms with Crippen molar-refractivity contribution in [3.63, 3.8) is 0 Å². The molecule has 0 spiro atoms. The zero-order chi connectivity index (χ0) is 21.2. The number of methoxy groups -OCH3 is 1. The molecular formula is C28H22N2O. The normalized spacial score (nSPS) is 10.9. The lowest BCUT2D eigenvalue weighted by Gasteiger charge is -2.13. The summed E-state index contributed by atoms with van der Waals surface area (Å²) in [4.78, 5) is 10.0. The van der Waals surface area contributed by atoms with E-state index in [1.165, 1.54) is 5.56 Å². The molecule has 0 bridgehead atoms. The first-order chi connectivity index (χ1) is 15.2. The molecular weight excluding hydrogens is 380 g/mol. The number of benzene rings is 4. The van der Waals surface area contributed by atoms with Crippen LogP contribution in [-0.4, -0.2) is 17.1 Å². The summed E-state index contributed by atoms with van der Waals surface area (Å²) in [5.74, 6) is 1.56. The lowest BCUT2D eigenvalue weighted by molar-refractivity contribution is 0.415. The van der Waals surface area contributed by atoms with Crippen LogP contribution in [0.3, 0.4) is 0 Å². The number of ether oxygens (including phenoxy) is 1. The van der Waals surface area contributed by atoms with Crippen molar-refractivity contribution >= 4 is 10.9 Å². The second kappa shape index (κ2) is 8.04. The summed E-state index contributed by atoms with van der Waals surface area (Å²) in [7, 11) is 1.68. The molecule has 0 amide bonds. The van der Waals surface area contributed by atoms with Gasteiger partial charge in [0.2, 0.25) is 0 Å². The van der Waals surface area contributed by atoms with Crippen LogP contribution < -0.4 is 4.74 Å². The van der Waals surface area contributed by atoms with Gasteiger partial charge in [0, 0.05) is 16.5 Å². The van der Waals surface area contributed by atoms with Crippen LogP contribution in [0.15, 0.2) is 97.1 Å². The zero-order valence-electron chi connectivity index (χ0n) is 17.5. The second-order valence-electron chi connectivity index (χ2n) is 7.56. The summed E-state index contributed by atoms with van der Waals surface area (Å²) >= 11 is 0. The molecule has 4 aromatic carbocycles. The Morgan fingerprint density at radius 2 is 1.39 bits per heavy atom. The molecule has 0 fully saturated rings. The van der Waals surface area contributed by atoms with Crippen molar-refractivity contribution in [2.45, 2.75) is 6.92 Å². The van der Waals surface area contributed by atoms with E-state index in [4.69, 9.17) is 14.7 Å². The van der Waals surface area contributed by atoms with Crippen LogP contribution in [0, 0.1) is 6.92 Å². The van der Waals surface area contributed by atoms with Gasteiger partial charge < -0.3 is 4.74 Å². The van der Waals surface area contributed by atoms with E-state index >= 15 is 0 Å². The van der Waals surface area contributed by atoms with Crippen LogP contribution in [0.4, 0.5) is 0 Å². The molecule has 3 heteroatoms. The number of para-hydroxylation sites is 1. The third-order valence-electron chi connectivity index (χ3n) is 5.47. The van der Waals surface area contributed by atoms with E-state index in [-0.39, 0.29) is 0 Å². The molecule has 1 heterocycles. The molecule has 5 rings (SSSR count). The summed E-state index contributed by atoms with van der Waals surface area (Å²) in [5.41, 5.74) is 7.39. The Labute approximate surface area is 182 Å². The Bertz CT molecular complexity index is 1360. The fraction of sp³-hybridized carbons (Fsp3) is 0.0714. The maximum Gasteiger partial charge on any atom is 0.161 e. The Balaban J connectivity index is 1.75. The SMILES string of the molecule is COc1ccc(-c2cc(C)ccc2-c2nc(-c3ccccc3)c3ccccc3n2)cc1. The molecule has 3 nitrogen and oxygen atoms in total. The zero-order valence-corrected chi connectivity index (χ0v) is 17.5. The molecule has 150 valence electrons. The Hall–Kier alpha value is -3.98. The summed E-state index contributed by atoms with van der Waals surface area (Å²) < 4.78 is 5.33. The highest BCUT2D eigenvalue weighted by molar-refractivity contribution is 5.94. The van der Waals surface area contributed by atoms with Crippen LogP contribution in [0.25, 0.3) is 44.7 Å². The van der Waals surface area contributed by atoms with E-state index in [0.29, 0.717) is 0 Å². The lowest BCUT2D eigenvalue weighted by atomic mass is 9.96. The van der Waals surface area contributed by atoms with Crippen LogP contribution in [0.1, 0.15) is 5.56 Å². The molecule has 0 aliphatic rings. The van der Waals surface area contributed by atoms with Gasteiger partial charge in [-0.15, -0.1) is 0 Å². The minimum Gasteiger partial charge on any atom is -0.497 e. The number of rotatable bonds is 4. The number of aryl methyl sites for hydroxylation is 1. The smallest absolute Gasteiger partial charge is 0.161 e. The summed E-state index contributed by atoms with van der Waals surface area (Å²) in [6.45, 7) is 2.10. The molecule has 31 heavy (non-hydrogen) atoms. The molecule has 0 saturated heterocycles. The van der Waals surface area contributed by atoms with Crippen molar-refractivity contribution in [2.24, 2.45) is 0 Å². The van der Waals surface area contributed by atoms with E-state index in [1.54, 1.807) is 7.11 Å². The Morgan fingerprint density at radius 3 is 2.16 bits per heavy atom. The van der Waals surface area contributed by atoms with Gasteiger partial charge in [0.15, 0.2) is 5.82 Å². The number of nitrogens with zero attached hydrogens (tertiary/aromatic N) is 2. The predicted octanol–water partition coefficient (Wildman–Crippen LogP) is 6.95. The molecule has 0 radical (unpaired) electrons. The van der Waals surface area contributed by atoms with Gasteiger partial charge in [-0.25, -0.2) is 9.97 Å². The quantitative estimate of drug-likeness (QED) is 0.326. The Kier molecular flexibility index (Phi) is 4.93. The molecule has 0 atom stereocenters. The van der Waals surface area contributed by atoms with Gasteiger partial charge in [-0.1, -0.05) is 84.4 Å². The minimum absolute atomic E-state index is 0.725. The largest absolute Gasteiger partial charge is 0.497 e. The van der Waals surface area contributed by atoms with Crippen molar-refractivity contribution in [3.8, 4) is 39.5 Å². The highest BCUT2D eigenvalue weighted by atomic mass is 16.5. The van der Waals surface area contributed by atoms with E-state index < -0.39 is 0 Å². The summed E-state index contributed by atoms with van der Waals surface area (Å²) in [5, 5.41) is 1.05. The van der Waals surface area contributed by atoms with E-state index in [9.17, 15) is 0 Å². The molecule has 0 aliphatic carbocycles. The third kappa shape index (κ3) is 3.66. The van der Waals surface area contributed by atoms with Gasteiger partial charge >= 0.3 is 0 Å². The monoisotopic (exact) mass is 402 g/mol. The highest BCUT2D eigenvalue weighted by Crippen LogP contribution is 2.35. The third-order valence-corrected chi connectivity index (χ3v) is 5.47.